The first kappa shape index (κ1) is 18.6. The van der Waals surface area contributed by atoms with Crippen molar-refractivity contribution in [2.75, 3.05) is 13.2 Å². The average Bonchev–Trinajstić information content (AvgIpc) is 2.50. The van der Waals surface area contributed by atoms with Gasteiger partial charge in [-0.3, -0.25) is 0 Å². The Labute approximate surface area is 120 Å². The molecule has 10 heteroatoms. The Balaban J connectivity index is 2.82. The van der Waals surface area contributed by atoms with Crippen LogP contribution in [0.25, 0.3) is 0 Å². The van der Waals surface area contributed by atoms with Gasteiger partial charge in [-0.05, 0) is 0 Å². The summed E-state index contributed by atoms with van der Waals surface area (Å²) in [6.45, 7) is -1.59. The van der Waals surface area contributed by atoms with Crippen molar-refractivity contribution in [3.8, 4) is 0 Å². The molecule has 0 amide bonds. The van der Waals surface area contributed by atoms with Crippen LogP contribution in [-0.2, 0) is 4.74 Å². The van der Waals surface area contributed by atoms with Crippen molar-refractivity contribution in [1.82, 2.24) is 0 Å². The van der Waals surface area contributed by atoms with Gasteiger partial charge in [0.2, 0.25) is 0 Å². The van der Waals surface area contributed by atoms with Gasteiger partial charge in [-0.2, -0.15) is 0 Å². The Morgan fingerprint density at radius 2 is 1.38 bits per heavy atom. The highest BCUT2D eigenvalue weighted by Gasteiger charge is 2.48. The molecule has 1 aliphatic heterocycles. The van der Waals surface area contributed by atoms with Crippen molar-refractivity contribution in [3.63, 3.8) is 0 Å². The topological polar surface area (TPSA) is 191 Å². The van der Waals surface area contributed by atoms with Crippen LogP contribution in [0.2, 0.25) is 0 Å². The molecule has 1 aliphatic rings. The Morgan fingerprint density at radius 3 is 1.86 bits per heavy atom. The van der Waals surface area contributed by atoms with Crippen LogP contribution < -0.4 is 0 Å². The minimum Gasteiger partial charge on any atom is -0.394 e. The molecule has 1 rings (SSSR count). The number of aliphatic hydroxyl groups is 9. The molecule has 0 aromatic heterocycles. The summed E-state index contributed by atoms with van der Waals surface area (Å²) in [6, 6.07) is 0. The van der Waals surface area contributed by atoms with Crippen molar-refractivity contribution in [1.29, 1.82) is 0 Å². The summed E-state index contributed by atoms with van der Waals surface area (Å²) in [6.07, 6.45) is -15.7. The van der Waals surface area contributed by atoms with E-state index >= 15 is 0 Å². The van der Waals surface area contributed by atoms with Crippen LogP contribution in [0.3, 0.4) is 0 Å². The van der Waals surface area contributed by atoms with E-state index in [1.807, 2.05) is 0 Å². The van der Waals surface area contributed by atoms with Crippen molar-refractivity contribution in [2.24, 2.45) is 0 Å². The molecule has 0 spiro atoms. The number of ether oxygens (including phenoxy) is 1. The molecular formula is C11H22O10. The Hall–Kier alpha value is -0.400. The third-order valence-electron chi connectivity index (χ3n) is 3.55. The number of rotatable bonds is 6. The zero-order chi connectivity index (χ0) is 16.3. The molecule has 1 fully saturated rings. The SMILES string of the molecule is OC[C@@H](O)[C@H](O)[C@@H](O)C(O)C1O[C@H](CO)[C@H](O)[C@H](O)[C@H]1O. The first-order valence-corrected chi connectivity index (χ1v) is 6.39. The molecule has 21 heavy (non-hydrogen) atoms. The summed E-state index contributed by atoms with van der Waals surface area (Å²) >= 11 is 0. The van der Waals surface area contributed by atoms with Crippen LogP contribution in [0.5, 0.6) is 0 Å². The van der Waals surface area contributed by atoms with Gasteiger partial charge in [0.05, 0.1) is 13.2 Å². The molecule has 1 heterocycles. The van der Waals surface area contributed by atoms with Crippen molar-refractivity contribution in [2.45, 2.75) is 54.9 Å². The molecule has 0 aromatic rings. The van der Waals surface area contributed by atoms with Gasteiger partial charge in [0.25, 0.3) is 0 Å². The van der Waals surface area contributed by atoms with Crippen molar-refractivity contribution < 1.29 is 50.7 Å². The van der Waals surface area contributed by atoms with E-state index in [4.69, 9.17) is 14.9 Å². The van der Waals surface area contributed by atoms with E-state index < -0.39 is 68.1 Å². The van der Waals surface area contributed by atoms with Crippen LogP contribution in [0.4, 0.5) is 0 Å². The number of hydrogen-bond donors (Lipinski definition) is 9. The highest BCUT2D eigenvalue weighted by molar-refractivity contribution is 4.97. The predicted octanol–water partition coefficient (Wildman–Crippen LogP) is -5.74. The molecule has 0 aliphatic carbocycles. The fourth-order valence-corrected chi connectivity index (χ4v) is 2.14. The molecular weight excluding hydrogens is 292 g/mol. The second kappa shape index (κ2) is 7.74. The summed E-state index contributed by atoms with van der Waals surface area (Å²) in [5, 5.41) is 84.8. The third-order valence-corrected chi connectivity index (χ3v) is 3.55. The predicted molar refractivity (Wildman–Crippen MR) is 64.9 cm³/mol. The van der Waals surface area contributed by atoms with E-state index in [1.165, 1.54) is 0 Å². The molecule has 1 saturated heterocycles. The highest BCUT2D eigenvalue weighted by Crippen LogP contribution is 2.25. The van der Waals surface area contributed by atoms with E-state index in [1.54, 1.807) is 0 Å². The van der Waals surface area contributed by atoms with E-state index in [0.29, 0.717) is 0 Å². The molecule has 10 nitrogen and oxygen atoms in total. The number of hydrogen-bond acceptors (Lipinski definition) is 10. The molecule has 126 valence electrons. The first-order chi connectivity index (χ1) is 9.76. The maximum absolute atomic E-state index is 9.88. The second-order valence-electron chi connectivity index (χ2n) is 5.02. The van der Waals surface area contributed by atoms with Crippen LogP contribution in [-0.4, -0.2) is 114 Å². The summed E-state index contributed by atoms with van der Waals surface area (Å²) < 4.78 is 5.00. The lowest BCUT2D eigenvalue weighted by molar-refractivity contribution is -0.263. The Bertz CT molecular complexity index is 313. The zero-order valence-electron chi connectivity index (χ0n) is 11.0. The van der Waals surface area contributed by atoms with E-state index in [2.05, 4.69) is 0 Å². The molecule has 0 aromatic carbocycles. The van der Waals surface area contributed by atoms with E-state index in [9.17, 15) is 35.7 Å². The van der Waals surface area contributed by atoms with Crippen LogP contribution >= 0.6 is 0 Å². The molecule has 0 radical (unpaired) electrons. The quantitative estimate of drug-likeness (QED) is 0.228. The lowest BCUT2D eigenvalue weighted by Gasteiger charge is -2.43. The van der Waals surface area contributed by atoms with Gasteiger partial charge in [0, 0.05) is 0 Å². The third kappa shape index (κ3) is 3.87. The molecule has 0 bridgehead atoms. The standard InChI is InChI=1S/C11H22O10/c12-1-3(14)5(15)7(17)9(19)11-10(20)8(18)6(16)4(2-13)21-11/h3-20H,1-2H2/t3-,4-,5+,6+,7-,8+,9?,10-,11?/m1/s1. The molecule has 2 unspecified atom stereocenters. The minimum atomic E-state index is -2.01. The first-order valence-electron chi connectivity index (χ1n) is 6.39. The lowest BCUT2D eigenvalue weighted by Crippen LogP contribution is -2.64. The van der Waals surface area contributed by atoms with Gasteiger partial charge in [-0.1, -0.05) is 0 Å². The van der Waals surface area contributed by atoms with Crippen LogP contribution in [0.1, 0.15) is 0 Å². The van der Waals surface area contributed by atoms with Gasteiger partial charge in [0.15, 0.2) is 0 Å². The van der Waals surface area contributed by atoms with Gasteiger partial charge in [0.1, 0.15) is 54.9 Å². The summed E-state index contributed by atoms with van der Waals surface area (Å²) in [7, 11) is 0. The smallest absolute Gasteiger partial charge is 0.115 e. The van der Waals surface area contributed by atoms with Crippen LogP contribution in [0, 0.1) is 0 Å². The minimum absolute atomic E-state index is 0.716. The fraction of sp³-hybridized carbons (Fsp3) is 1.00. The van der Waals surface area contributed by atoms with E-state index in [-0.39, 0.29) is 0 Å². The molecule has 0 saturated carbocycles. The average molecular weight is 314 g/mol. The van der Waals surface area contributed by atoms with Gasteiger partial charge < -0.3 is 50.7 Å². The Kier molecular flexibility index (Phi) is 6.87. The summed E-state index contributed by atoms with van der Waals surface area (Å²) in [4.78, 5) is 0. The van der Waals surface area contributed by atoms with Gasteiger partial charge >= 0.3 is 0 Å². The zero-order valence-corrected chi connectivity index (χ0v) is 11.0. The molecule has 9 atom stereocenters. The van der Waals surface area contributed by atoms with E-state index in [0.717, 1.165) is 0 Å². The van der Waals surface area contributed by atoms with Gasteiger partial charge in [-0.25, -0.2) is 0 Å². The van der Waals surface area contributed by atoms with Crippen molar-refractivity contribution in [3.05, 3.63) is 0 Å². The van der Waals surface area contributed by atoms with Crippen molar-refractivity contribution >= 4 is 0 Å². The second-order valence-corrected chi connectivity index (χ2v) is 5.02. The largest absolute Gasteiger partial charge is 0.394 e. The lowest BCUT2D eigenvalue weighted by atomic mass is 9.88. The van der Waals surface area contributed by atoms with Gasteiger partial charge in [-0.15, -0.1) is 0 Å². The Morgan fingerprint density at radius 1 is 0.810 bits per heavy atom. The monoisotopic (exact) mass is 314 g/mol. The number of aliphatic hydroxyl groups excluding tert-OH is 9. The summed E-state index contributed by atoms with van der Waals surface area (Å²) in [5.41, 5.74) is 0. The normalized spacial score (nSPS) is 39.6. The highest BCUT2D eigenvalue weighted by atomic mass is 16.6. The molecule has 9 N–H and O–H groups in total. The fourth-order valence-electron chi connectivity index (χ4n) is 2.14. The van der Waals surface area contributed by atoms with Crippen LogP contribution in [0.15, 0.2) is 0 Å². The summed E-state index contributed by atoms with van der Waals surface area (Å²) in [5.74, 6) is 0. The maximum atomic E-state index is 9.88. The maximum Gasteiger partial charge on any atom is 0.115 e.